The number of nitrogens with zero attached hydrogens (tertiary/aromatic N) is 2. The molecule has 1 N–H and O–H groups in total. The van der Waals surface area contributed by atoms with E-state index in [9.17, 15) is 4.79 Å². The van der Waals surface area contributed by atoms with E-state index in [-0.39, 0.29) is 12.1 Å². The zero-order valence-electron chi connectivity index (χ0n) is 13.5. The van der Waals surface area contributed by atoms with Crippen LogP contribution in [0.25, 0.3) is 0 Å². The molecule has 6 heteroatoms. The lowest BCUT2D eigenvalue weighted by Gasteiger charge is -2.24. The highest BCUT2D eigenvalue weighted by atomic mass is 32.1. The van der Waals surface area contributed by atoms with Gasteiger partial charge in [-0.05, 0) is 45.4 Å². The highest BCUT2D eigenvalue weighted by molar-refractivity contribution is 7.09. The van der Waals surface area contributed by atoms with Gasteiger partial charge in [0, 0.05) is 36.8 Å². The Balaban J connectivity index is 1.53. The first kappa shape index (κ1) is 15.7. The molecular weight excluding hydrogens is 298 g/mol. The summed E-state index contributed by atoms with van der Waals surface area (Å²) in [5.74, 6) is 1.26. The average Bonchev–Trinajstić information content (AvgIpc) is 3.07. The normalized spacial score (nSPS) is 28.6. The van der Waals surface area contributed by atoms with E-state index in [1.165, 1.54) is 11.3 Å². The number of thiazole rings is 1. The minimum atomic E-state index is -0.435. The summed E-state index contributed by atoms with van der Waals surface area (Å²) in [6.07, 6.45) is 3.95. The molecule has 2 fully saturated rings. The van der Waals surface area contributed by atoms with Crippen LogP contribution in [0.5, 0.6) is 0 Å². The molecule has 1 aliphatic carbocycles. The van der Waals surface area contributed by atoms with Crippen LogP contribution in [0, 0.1) is 11.8 Å². The van der Waals surface area contributed by atoms with Gasteiger partial charge in [-0.25, -0.2) is 4.79 Å². The second-order valence-electron chi connectivity index (χ2n) is 7.42. The fourth-order valence-electron chi connectivity index (χ4n) is 3.67. The fraction of sp³-hybridized carbons (Fsp3) is 0.750. The Kier molecular flexibility index (Phi) is 4.41. The number of alkyl carbamates (subject to hydrolysis) is 1. The smallest absolute Gasteiger partial charge is 0.407 e. The van der Waals surface area contributed by atoms with Crippen LogP contribution in [0.1, 0.15) is 38.5 Å². The molecule has 2 heterocycles. The molecule has 122 valence electrons. The van der Waals surface area contributed by atoms with Crippen molar-refractivity contribution < 1.29 is 9.53 Å². The molecule has 0 aromatic carbocycles. The molecule has 3 rings (SSSR count). The topological polar surface area (TPSA) is 54.5 Å². The summed E-state index contributed by atoms with van der Waals surface area (Å²) in [6, 6.07) is 0.256. The van der Waals surface area contributed by atoms with Crippen molar-refractivity contribution in [1.82, 2.24) is 15.2 Å². The Labute approximate surface area is 136 Å². The summed E-state index contributed by atoms with van der Waals surface area (Å²) in [7, 11) is 0. The molecule has 5 nitrogen and oxygen atoms in total. The quantitative estimate of drug-likeness (QED) is 0.929. The number of carbonyl (C=O) groups excluding carboxylic acids is 1. The van der Waals surface area contributed by atoms with Gasteiger partial charge in [-0.1, -0.05) is 0 Å². The Morgan fingerprint density at radius 3 is 2.95 bits per heavy atom. The van der Waals surface area contributed by atoms with Crippen molar-refractivity contribution in [2.45, 2.75) is 51.8 Å². The van der Waals surface area contributed by atoms with E-state index < -0.39 is 5.60 Å². The number of ether oxygens (including phenoxy) is 1. The highest BCUT2D eigenvalue weighted by Crippen LogP contribution is 2.38. The van der Waals surface area contributed by atoms with Crippen molar-refractivity contribution in [3.05, 3.63) is 16.6 Å². The molecule has 0 radical (unpaired) electrons. The number of hydrogen-bond donors (Lipinski definition) is 1. The van der Waals surface area contributed by atoms with Gasteiger partial charge in [-0.2, -0.15) is 0 Å². The molecule has 1 aromatic heterocycles. The monoisotopic (exact) mass is 323 g/mol. The third-order valence-electron chi connectivity index (χ3n) is 4.50. The minimum Gasteiger partial charge on any atom is -0.444 e. The lowest BCUT2D eigenvalue weighted by atomic mass is 9.98. The van der Waals surface area contributed by atoms with Gasteiger partial charge in [0.15, 0.2) is 0 Å². The maximum atomic E-state index is 12.0. The number of carbonyl (C=O) groups is 1. The van der Waals surface area contributed by atoms with Crippen LogP contribution in [0.3, 0.4) is 0 Å². The zero-order chi connectivity index (χ0) is 15.7. The lowest BCUT2D eigenvalue weighted by molar-refractivity contribution is 0.0491. The average molecular weight is 323 g/mol. The molecule has 0 spiro atoms. The number of aromatic nitrogens is 1. The van der Waals surface area contributed by atoms with Gasteiger partial charge in [0.05, 0.1) is 5.51 Å². The fourth-order valence-corrected chi connectivity index (χ4v) is 4.30. The van der Waals surface area contributed by atoms with Crippen molar-refractivity contribution >= 4 is 17.4 Å². The van der Waals surface area contributed by atoms with Crippen LogP contribution in [0.15, 0.2) is 11.7 Å². The van der Waals surface area contributed by atoms with Crippen molar-refractivity contribution in [3.8, 4) is 0 Å². The molecule has 3 atom stereocenters. The van der Waals surface area contributed by atoms with Crippen LogP contribution in [0.4, 0.5) is 4.79 Å². The second-order valence-corrected chi connectivity index (χ2v) is 8.39. The molecule has 1 aromatic rings. The Hall–Kier alpha value is -1.14. The predicted molar refractivity (Wildman–Crippen MR) is 86.8 cm³/mol. The van der Waals surface area contributed by atoms with E-state index in [4.69, 9.17) is 4.74 Å². The van der Waals surface area contributed by atoms with Gasteiger partial charge in [0.25, 0.3) is 0 Å². The summed E-state index contributed by atoms with van der Waals surface area (Å²) in [5.41, 5.74) is 1.45. The van der Waals surface area contributed by atoms with Crippen molar-refractivity contribution in [2.24, 2.45) is 11.8 Å². The largest absolute Gasteiger partial charge is 0.444 e. The van der Waals surface area contributed by atoms with Gasteiger partial charge >= 0.3 is 6.09 Å². The highest BCUT2D eigenvalue weighted by Gasteiger charge is 2.43. The SMILES string of the molecule is CC(C)(C)OC(=O)N[C@@H]1CC[C@@H]2CN(Cc3cncs3)C[C@H]21. The molecule has 0 unspecified atom stereocenters. The summed E-state index contributed by atoms with van der Waals surface area (Å²) in [6.45, 7) is 8.87. The molecule has 22 heavy (non-hydrogen) atoms. The van der Waals surface area contributed by atoms with Crippen molar-refractivity contribution in [1.29, 1.82) is 0 Å². The Bertz CT molecular complexity index is 512. The van der Waals surface area contributed by atoms with E-state index in [0.717, 1.165) is 26.1 Å². The van der Waals surface area contributed by atoms with Crippen LogP contribution >= 0.6 is 11.3 Å². The van der Waals surface area contributed by atoms with Gasteiger partial charge in [-0.15, -0.1) is 11.3 Å². The first-order chi connectivity index (χ1) is 10.4. The predicted octanol–water partition coefficient (Wildman–Crippen LogP) is 2.88. The van der Waals surface area contributed by atoms with E-state index in [1.54, 1.807) is 11.3 Å². The van der Waals surface area contributed by atoms with Crippen LogP contribution in [0.2, 0.25) is 0 Å². The van der Waals surface area contributed by atoms with Gasteiger partial charge < -0.3 is 10.1 Å². The third kappa shape index (κ3) is 3.79. The minimum absolute atomic E-state index is 0.256. The summed E-state index contributed by atoms with van der Waals surface area (Å²) >= 11 is 1.71. The van der Waals surface area contributed by atoms with Gasteiger partial charge in [-0.3, -0.25) is 9.88 Å². The summed E-state index contributed by atoms with van der Waals surface area (Å²) in [4.78, 5) is 19.9. The first-order valence-electron chi connectivity index (χ1n) is 8.00. The number of likely N-dealkylation sites (tertiary alicyclic amines) is 1. The van der Waals surface area contributed by atoms with Gasteiger partial charge in [0.1, 0.15) is 5.60 Å². The number of rotatable bonds is 3. The molecular formula is C16H25N3O2S. The maximum Gasteiger partial charge on any atom is 0.407 e. The summed E-state index contributed by atoms with van der Waals surface area (Å²) < 4.78 is 5.39. The van der Waals surface area contributed by atoms with Crippen LogP contribution < -0.4 is 5.32 Å². The number of nitrogens with one attached hydrogen (secondary N) is 1. The molecule has 1 saturated heterocycles. The van der Waals surface area contributed by atoms with E-state index in [0.29, 0.717) is 11.8 Å². The molecule has 1 aliphatic heterocycles. The third-order valence-corrected chi connectivity index (χ3v) is 5.26. The van der Waals surface area contributed by atoms with Gasteiger partial charge in [0.2, 0.25) is 0 Å². The van der Waals surface area contributed by atoms with Crippen LogP contribution in [-0.2, 0) is 11.3 Å². The van der Waals surface area contributed by atoms with E-state index >= 15 is 0 Å². The molecule has 1 amide bonds. The lowest BCUT2D eigenvalue weighted by Crippen LogP contribution is -2.42. The van der Waals surface area contributed by atoms with Crippen molar-refractivity contribution in [2.75, 3.05) is 13.1 Å². The standard InChI is InChI=1S/C16H25N3O2S/c1-16(2,3)21-15(20)18-14-5-4-11-7-19(9-13(11)14)8-12-6-17-10-22-12/h6,10-11,13-14H,4-5,7-9H2,1-3H3,(H,18,20)/t11-,13-,14-/m1/s1. The Morgan fingerprint density at radius 1 is 1.45 bits per heavy atom. The molecule has 0 bridgehead atoms. The summed E-state index contributed by atoms with van der Waals surface area (Å²) in [5, 5.41) is 3.09. The molecule has 2 aliphatic rings. The second kappa shape index (κ2) is 6.16. The number of amides is 1. The molecule has 1 saturated carbocycles. The maximum absolute atomic E-state index is 12.0. The van der Waals surface area contributed by atoms with E-state index in [1.807, 2.05) is 32.5 Å². The number of fused-ring (bicyclic) bond motifs is 1. The zero-order valence-corrected chi connectivity index (χ0v) is 14.4. The first-order valence-corrected chi connectivity index (χ1v) is 8.88. The van der Waals surface area contributed by atoms with Crippen molar-refractivity contribution in [3.63, 3.8) is 0 Å². The van der Waals surface area contributed by atoms with E-state index in [2.05, 4.69) is 15.2 Å². The Morgan fingerprint density at radius 2 is 2.27 bits per heavy atom. The number of hydrogen-bond acceptors (Lipinski definition) is 5. The van der Waals surface area contributed by atoms with Crippen LogP contribution in [-0.4, -0.2) is 40.7 Å².